The summed E-state index contributed by atoms with van der Waals surface area (Å²) in [5, 5.41) is 11.6. The zero-order valence-corrected chi connectivity index (χ0v) is 12.7. The van der Waals surface area contributed by atoms with Gasteiger partial charge in [0.2, 0.25) is 0 Å². The molecule has 0 fully saturated rings. The topological polar surface area (TPSA) is 68.4 Å². The summed E-state index contributed by atoms with van der Waals surface area (Å²) in [7, 11) is 3.36. The smallest absolute Gasteiger partial charge is 0.287 e. The number of unbranched alkanes of at least 4 members (excludes halogenated alkanes) is 2. The summed E-state index contributed by atoms with van der Waals surface area (Å²) >= 11 is 3.36. The van der Waals surface area contributed by atoms with Crippen molar-refractivity contribution in [1.29, 1.82) is 0 Å². The predicted octanol–water partition coefficient (Wildman–Crippen LogP) is 2.57. The number of alkyl halides is 1. The van der Waals surface area contributed by atoms with Gasteiger partial charge in [-0.1, -0.05) is 22.4 Å². The standard InChI is InChI=1S/C12H18BrN3O3/c1-14(7-5-3-4-6-13)12(17)11-8-10(16(18)19)9-15(11)2/h8-9H,3-7H2,1-2H3. The van der Waals surface area contributed by atoms with Crippen molar-refractivity contribution in [3.8, 4) is 0 Å². The Hall–Kier alpha value is -1.37. The maximum absolute atomic E-state index is 12.1. The Balaban J connectivity index is 2.63. The lowest BCUT2D eigenvalue weighted by molar-refractivity contribution is -0.384. The second-order valence-corrected chi connectivity index (χ2v) is 5.22. The van der Waals surface area contributed by atoms with E-state index in [4.69, 9.17) is 0 Å². The number of nitro groups is 1. The minimum Gasteiger partial charge on any atom is -0.340 e. The molecular formula is C12H18BrN3O3. The third-order valence-electron chi connectivity index (χ3n) is 2.89. The predicted molar refractivity (Wildman–Crippen MR) is 76.7 cm³/mol. The van der Waals surface area contributed by atoms with Gasteiger partial charge in [0.05, 0.1) is 11.1 Å². The van der Waals surface area contributed by atoms with Gasteiger partial charge < -0.3 is 9.47 Å². The van der Waals surface area contributed by atoms with Gasteiger partial charge in [-0.3, -0.25) is 14.9 Å². The van der Waals surface area contributed by atoms with E-state index in [9.17, 15) is 14.9 Å². The van der Waals surface area contributed by atoms with Gasteiger partial charge in [-0.05, 0) is 12.8 Å². The van der Waals surface area contributed by atoms with Crippen molar-refractivity contribution in [2.45, 2.75) is 19.3 Å². The third kappa shape index (κ3) is 4.34. The highest BCUT2D eigenvalue weighted by Crippen LogP contribution is 2.16. The quantitative estimate of drug-likeness (QED) is 0.333. The highest BCUT2D eigenvalue weighted by atomic mass is 79.9. The Morgan fingerprint density at radius 1 is 1.47 bits per heavy atom. The summed E-state index contributed by atoms with van der Waals surface area (Å²) in [6, 6.07) is 1.32. The molecule has 0 aliphatic heterocycles. The normalized spacial score (nSPS) is 10.5. The summed E-state index contributed by atoms with van der Waals surface area (Å²) in [5.41, 5.74) is 0.285. The van der Waals surface area contributed by atoms with E-state index in [1.165, 1.54) is 16.8 Å². The molecule has 0 aliphatic rings. The van der Waals surface area contributed by atoms with E-state index in [0.717, 1.165) is 24.6 Å². The van der Waals surface area contributed by atoms with Gasteiger partial charge >= 0.3 is 0 Å². The van der Waals surface area contributed by atoms with Gasteiger partial charge in [0.1, 0.15) is 5.69 Å². The van der Waals surface area contributed by atoms with Crippen LogP contribution in [0.5, 0.6) is 0 Å². The van der Waals surface area contributed by atoms with E-state index in [2.05, 4.69) is 15.9 Å². The molecule has 1 aromatic rings. The summed E-state index contributed by atoms with van der Waals surface area (Å²) < 4.78 is 1.50. The number of rotatable bonds is 7. The molecule has 19 heavy (non-hydrogen) atoms. The van der Waals surface area contributed by atoms with Crippen LogP contribution in [0.3, 0.4) is 0 Å². The number of nitrogens with zero attached hydrogens (tertiary/aromatic N) is 3. The Bertz CT molecular complexity index is 459. The largest absolute Gasteiger partial charge is 0.340 e. The first kappa shape index (κ1) is 15.7. The van der Waals surface area contributed by atoms with Crippen molar-refractivity contribution in [3.05, 3.63) is 28.1 Å². The first-order valence-electron chi connectivity index (χ1n) is 6.09. The van der Waals surface area contributed by atoms with Crippen LogP contribution in [0.2, 0.25) is 0 Å². The van der Waals surface area contributed by atoms with Crippen LogP contribution in [-0.4, -0.2) is 39.2 Å². The average Bonchev–Trinajstić information content (AvgIpc) is 2.76. The molecule has 0 saturated carbocycles. The lowest BCUT2D eigenvalue weighted by atomic mass is 10.2. The molecule has 0 aromatic carbocycles. The Morgan fingerprint density at radius 3 is 2.68 bits per heavy atom. The van der Waals surface area contributed by atoms with Gasteiger partial charge in [0, 0.05) is 32.0 Å². The SMILES string of the molecule is CN(CCCCCBr)C(=O)c1cc([N+](=O)[O-])cn1C. The maximum Gasteiger partial charge on any atom is 0.287 e. The molecule has 1 rings (SSSR count). The van der Waals surface area contributed by atoms with Crippen LogP contribution in [-0.2, 0) is 7.05 Å². The van der Waals surface area contributed by atoms with E-state index in [-0.39, 0.29) is 11.6 Å². The Morgan fingerprint density at radius 2 is 2.16 bits per heavy atom. The number of carbonyl (C=O) groups is 1. The first-order valence-corrected chi connectivity index (χ1v) is 7.21. The molecule has 0 bridgehead atoms. The van der Waals surface area contributed by atoms with Gasteiger partial charge in [0.15, 0.2) is 0 Å². The molecule has 1 amide bonds. The van der Waals surface area contributed by atoms with Crippen LogP contribution < -0.4 is 0 Å². The lowest BCUT2D eigenvalue weighted by Crippen LogP contribution is -2.29. The van der Waals surface area contributed by atoms with Crippen molar-refractivity contribution < 1.29 is 9.72 Å². The molecule has 0 radical (unpaired) electrons. The van der Waals surface area contributed by atoms with E-state index in [0.29, 0.717) is 12.2 Å². The number of aromatic nitrogens is 1. The van der Waals surface area contributed by atoms with Crippen molar-refractivity contribution in [2.24, 2.45) is 7.05 Å². The molecule has 1 heterocycles. The molecule has 106 valence electrons. The van der Waals surface area contributed by atoms with E-state index >= 15 is 0 Å². The fourth-order valence-corrected chi connectivity index (χ4v) is 2.17. The minimum atomic E-state index is -0.493. The molecule has 0 atom stereocenters. The van der Waals surface area contributed by atoms with E-state index in [1.807, 2.05) is 0 Å². The lowest BCUT2D eigenvalue weighted by Gasteiger charge is -2.17. The first-order chi connectivity index (χ1) is 8.97. The molecule has 7 heteroatoms. The van der Waals surface area contributed by atoms with Crippen molar-refractivity contribution >= 4 is 27.5 Å². The Kier molecular flexibility index (Phi) is 6.01. The third-order valence-corrected chi connectivity index (χ3v) is 3.46. The van der Waals surface area contributed by atoms with Gasteiger partial charge in [-0.2, -0.15) is 0 Å². The van der Waals surface area contributed by atoms with Gasteiger partial charge in [0.25, 0.3) is 11.6 Å². The molecule has 0 saturated heterocycles. The maximum atomic E-state index is 12.1. The number of aryl methyl sites for hydroxylation is 1. The minimum absolute atomic E-state index is 0.0569. The van der Waals surface area contributed by atoms with Crippen LogP contribution in [0.4, 0.5) is 5.69 Å². The van der Waals surface area contributed by atoms with Crippen molar-refractivity contribution in [3.63, 3.8) is 0 Å². The summed E-state index contributed by atoms with van der Waals surface area (Å²) in [6.45, 7) is 0.658. The number of amides is 1. The molecule has 0 unspecified atom stereocenters. The number of carbonyl (C=O) groups excluding carboxylic acids is 1. The van der Waals surface area contributed by atoms with Crippen LogP contribution in [0, 0.1) is 10.1 Å². The zero-order valence-electron chi connectivity index (χ0n) is 11.1. The molecule has 6 nitrogen and oxygen atoms in total. The molecule has 0 aliphatic carbocycles. The summed E-state index contributed by atoms with van der Waals surface area (Å²) in [5.74, 6) is -0.186. The fourth-order valence-electron chi connectivity index (χ4n) is 1.78. The highest BCUT2D eigenvalue weighted by Gasteiger charge is 2.20. The fraction of sp³-hybridized carbons (Fsp3) is 0.583. The monoisotopic (exact) mass is 331 g/mol. The summed E-state index contributed by atoms with van der Waals surface area (Å²) in [6.07, 6.45) is 4.42. The van der Waals surface area contributed by atoms with Crippen LogP contribution in [0.25, 0.3) is 0 Å². The number of halogens is 1. The highest BCUT2D eigenvalue weighted by molar-refractivity contribution is 9.09. The number of hydrogen-bond acceptors (Lipinski definition) is 3. The average molecular weight is 332 g/mol. The van der Waals surface area contributed by atoms with Crippen LogP contribution >= 0.6 is 15.9 Å². The van der Waals surface area contributed by atoms with E-state index < -0.39 is 4.92 Å². The summed E-state index contributed by atoms with van der Waals surface area (Å²) in [4.78, 5) is 23.9. The van der Waals surface area contributed by atoms with Crippen LogP contribution in [0.15, 0.2) is 12.3 Å². The second-order valence-electron chi connectivity index (χ2n) is 4.43. The molecule has 0 spiro atoms. The van der Waals surface area contributed by atoms with Crippen molar-refractivity contribution in [2.75, 3.05) is 18.9 Å². The molecule has 1 aromatic heterocycles. The van der Waals surface area contributed by atoms with Gasteiger partial charge in [-0.25, -0.2) is 0 Å². The van der Waals surface area contributed by atoms with Crippen molar-refractivity contribution in [1.82, 2.24) is 9.47 Å². The van der Waals surface area contributed by atoms with Gasteiger partial charge in [-0.15, -0.1) is 0 Å². The number of hydrogen-bond donors (Lipinski definition) is 0. The second kappa shape index (κ2) is 7.28. The molecular weight excluding hydrogens is 314 g/mol. The van der Waals surface area contributed by atoms with E-state index in [1.54, 1.807) is 19.0 Å². The molecule has 0 N–H and O–H groups in total. The Labute approximate surface area is 120 Å². The zero-order chi connectivity index (χ0) is 14.4. The van der Waals surface area contributed by atoms with Crippen LogP contribution in [0.1, 0.15) is 29.8 Å².